The van der Waals surface area contributed by atoms with Crippen molar-refractivity contribution in [3.63, 3.8) is 0 Å². The maximum atomic E-state index is 13.0. The number of aromatic nitrogens is 2. The predicted molar refractivity (Wildman–Crippen MR) is 117 cm³/mol. The van der Waals surface area contributed by atoms with Gasteiger partial charge in [-0.1, -0.05) is 6.92 Å². The van der Waals surface area contributed by atoms with E-state index >= 15 is 0 Å². The second-order valence-corrected chi connectivity index (χ2v) is 7.97. The van der Waals surface area contributed by atoms with Gasteiger partial charge in [-0.15, -0.1) is 0 Å². The van der Waals surface area contributed by atoms with Crippen molar-refractivity contribution in [2.75, 3.05) is 38.6 Å². The van der Waals surface area contributed by atoms with Crippen LogP contribution in [0.3, 0.4) is 0 Å². The Morgan fingerprint density at radius 3 is 2.15 bits per heavy atom. The van der Waals surface area contributed by atoms with Gasteiger partial charge in [0.05, 0.1) is 33.0 Å². The van der Waals surface area contributed by atoms with Crippen molar-refractivity contribution in [1.82, 2.24) is 14.7 Å². The molecule has 1 aromatic heterocycles. The number of anilines is 2. The van der Waals surface area contributed by atoms with Crippen LogP contribution in [0.25, 0.3) is 0 Å². The summed E-state index contributed by atoms with van der Waals surface area (Å²) >= 11 is 0. The molecule has 34 heavy (non-hydrogen) atoms. The molecular weight excluding hydrogens is 481 g/mol. The molecule has 0 unspecified atom stereocenters. The normalized spacial score (nSPS) is 10.4. The van der Waals surface area contributed by atoms with Crippen LogP contribution in [-0.4, -0.2) is 64.7 Å². The van der Waals surface area contributed by atoms with E-state index in [4.69, 9.17) is 9.47 Å². The average Bonchev–Trinajstić information content (AvgIpc) is 2.81. The van der Waals surface area contributed by atoms with Crippen LogP contribution in [0, 0.1) is 0 Å². The molecular formula is C19H24N5NaO8S. The van der Waals surface area contributed by atoms with Gasteiger partial charge in [0.1, 0.15) is 4.90 Å². The molecule has 0 fully saturated rings. The van der Waals surface area contributed by atoms with Crippen molar-refractivity contribution in [2.24, 2.45) is 0 Å². The van der Waals surface area contributed by atoms with Gasteiger partial charge in [0, 0.05) is 19.2 Å². The van der Waals surface area contributed by atoms with Crippen LogP contribution in [0.2, 0.25) is 0 Å². The summed E-state index contributed by atoms with van der Waals surface area (Å²) in [5.41, 5.74) is -0.144. The van der Waals surface area contributed by atoms with Crippen LogP contribution in [0.4, 0.5) is 16.4 Å². The Labute approximate surface area is 220 Å². The number of carbonyl (C=O) groups excluding carboxylic acids is 3. The quantitative estimate of drug-likeness (QED) is 0.311. The number of benzene rings is 1. The number of esters is 1. The minimum Gasteiger partial charge on any atom is -1.00 e. The largest absolute Gasteiger partial charge is 1.00 e. The second-order valence-electron chi connectivity index (χ2n) is 6.31. The molecule has 1 heterocycles. The Kier molecular flexibility index (Phi) is 10.7. The van der Waals surface area contributed by atoms with Gasteiger partial charge < -0.3 is 20.5 Å². The number of hydrogen-bond acceptors (Lipinski definition) is 10. The van der Waals surface area contributed by atoms with E-state index in [1.807, 2.05) is 0 Å². The molecule has 2 N–H and O–H groups in total. The van der Waals surface area contributed by atoms with Crippen LogP contribution < -0.4 is 54.0 Å². The van der Waals surface area contributed by atoms with Gasteiger partial charge in [0.15, 0.2) is 0 Å². The second kappa shape index (κ2) is 12.5. The number of nitrogens with one attached hydrogen (secondary N) is 2. The van der Waals surface area contributed by atoms with Crippen molar-refractivity contribution in [1.29, 1.82) is 0 Å². The Morgan fingerprint density at radius 1 is 1.06 bits per heavy atom. The van der Waals surface area contributed by atoms with E-state index in [9.17, 15) is 22.8 Å². The average molecular weight is 505 g/mol. The summed E-state index contributed by atoms with van der Waals surface area (Å²) in [4.78, 5) is 44.9. The van der Waals surface area contributed by atoms with E-state index in [1.54, 1.807) is 11.6 Å². The summed E-state index contributed by atoms with van der Waals surface area (Å²) in [7, 11) is 0.582. The van der Waals surface area contributed by atoms with E-state index in [0.717, 1.165) is 13.2 Å². The molecule has 2 aromatic rings. The van der Waals surface area contributed by atoms with Crippen molar-refractivity contribution in [2.45, 2.75) is 18.2 Å². The Hall–Kier alpha value is -2.94. The van der Waals surface area contributed by atoms with Crippen molar-refractivity contribution >= 4 is 39.6 Å². The Bertz CT molecular complexity index is 1160. The minimum absolute atomic E-state index is 0. The predicted octanol–water partition coefficient (Wildman–Crippen LogP) is -1.72. The molecule has 0 aliphatic rings. The van der Waals surface area contributed by atoms with Crippen LogP contribution in [0.5, 0.6) is 11.8 Å². The number of amides is 3. The van der Waals surface area contributed by atoms with Crippen molar-refractivity contribution < 1.29 is 68.0 Å². The molecule has 15 heteroatoms. The molecule has 0 bridgehead atoms. The summed E-state index contributed by atoms with van der Waals surface area (Å²) in [6, 6.07) is 3.78. The number of sulfonamides is 1. The Morgan fingerprint density at radius 2 is 1.65 bits per heavy atom. The molecule has 3 amide bonds. The molecule has 0 aliphatic heterocycles. The van der Waals surface area contributed by atoms with E-state index < -0.39 is 26.9 Å². The molecule has 0 saturated carbocycles. The number of carbonyl (C=O) groups is 3. The third-order valence-corrected chi connectivity index (χ3v) is 5.64. The molecule has 13 nitrogen and oxygen atoms in total. The summed E-state index contributed by atoms with van der Waals surface area (Å²) in [6.45, 7) is 1.64. The SMILES string of the molecule is CCC(=O)N(C)c1ccc(C(=O)OC)c(S(=O)(=O)NC(=O)Nc2nc(OC)cc(OC)n2)c1.[H-].[Na+]. The van der Waals surface area contributed by atoms with Gasteiger partial charge in [-0.3, -0.25) is 10.1 Å². The topological polar surface area (TPSA) is 166 Å². The zero-order chi connectivity index (χ0) is 24.8. The zero-order valence-electron chi connectivity index (χ0n) is 20.5. The summed E-state index contributed by atoms with van der Waals surface area (Å²) in [5.74, 6) is -1.42. The first-order chi connectivity index (χ1) is 15.6. The number of methoxy groups -OCH3 is 3. The molecule has 0 radical (unpaired) electrons. The first-order valence-corrected chi connectivity index (χ1v) is 10.8. The van der Waals surface area contributed by atoms with Crippen molar-refractivity contribution in [3.05, 3.63) is 29.8 Å². The van der Waals surface area contributed by atoms with Gasteiger partial charge in [0.2, 0.25) is 23.6 Å². The van der Waals surface area contributed by atoms with Gasteiger partial charge in [-0.2, -0.15) is 9.97 Å². The third kappa shape index (κ3) is 7.03. The Balaban J connectivity index is 0.00000578. The maximum Gasteiger partial charge on any atom is 1.00 e. The first kappa shape index (κ1) is 29.1. The zero-order valence-corrected chi connectivity index (χ0v) is 22.3. The third-order valence-electron chi connectivity index (χ3n) is 4.27. The van der Waals surface area contributed by atoms with Crippen molar-refractivity contribution in [3.8, 4) is 11.8 Å². The van der Waals surface area contributed by atoms with Crippen LogP contribution in [-0.2, 0) is 19.6 Å². The maximum absolute atomic E-state index is 13.0. The number of urea groups is 1. The van der Waals surface area contributed by atoms with E-state index in [0.29, 0.717) is 0 Å². The molecule has 180 valence electrons. The molecule has 0 aliphatic carbocycles. The molecule has 2 rings (SSSR count). The van der Waals surface area contributed by atoms with Crippen LogP contribution in [0.15, 0.2) is 29.2 Å². The fraction of sp³-hybridized carbons (Fsp3) is 0.316. The number of nitrogens with zero attached hydrogens (tertiary/aromatic N) is 3. The van der Waals surface area contributed by atoms with Crippen LogP contribution in [0.1, 0.15) is 25.1 Å². The van der Waals surface area contributed by atoms with Gasteiger partial charge in [-0.25, -0.2) is 22.7 Å². The summed E-state index contributed by atoms with van der Waals surface area (Å²) < 4.78 is 42.3. The smallest absolute Gasteiger partial charge is 1.00 e. The minimum atomic E-state index is -4.60. The summed E-state index contributed by atoms with van der Waals surface area (Å²) in [6.07, 6.45) is 0.169. The molecule has 0 atom stereocenters. The first-order valence-electron chi connectivity index (χ1n) is 9.36. The number of hydrogen-bond donors (Lipinski definition) is 2. The molecule has 0 spiro atoms. The molecule has 1 aromatic carbocycles. The fourth-order valence-corrected chi connectivity index (χ4v) is 3.70. The monoisotopic (exact) mass is 505 g/mol. The van der Waals surface area contributed by atoms with E-state index in [2.05, 4.69) is 20.0 Å². The fourth-order valence-electron chi connectivity index (χ4n) is 2.57. The number of rotatable bonds is 8. The molecule has 0 saturated heterocycles. The standard InChI is InChI=1S/C19H23N5O8S.Na.H/c1-6-16(25)24(2)11-7-8-12(17(26)32-5)13(9-11)33(28,29)23-19(27)22-18-20-14(30-3)10-15(21-18)31-4;;/h7-10H,6H2,1-5H3,(H2,20,21,22,23,27);;/q;+1;-1. The van der Waals surface area contributed by atoms with E-state index in [1.165, 1.54) is 44.4 Å². The van der Waals surface area contributed by atoms with Crippen LogP contribution >= 0.6 is 0 Å². The number of ether oxygens (including phenoxy) is 3. The summed E-state index contributed by atoms with van der Waals surface area (Å²) in [5, 5.41) is 2.15. The van der Waals surface area contributed by atoms with Gasteiger partial charge in [-0.05, 0) is 18.2 Å². The van der Waals surface area contributed by atoms with Gasteiger partial charge in [0.25, 0.3) is 10.0 Å². The van der Waals surface area contributed by atoms with E-state index in [-0.39, 0.29) is 72.3 Å². The van der Waals surface area contributed by atoms with Gasteiger partial charge >= 0.3 is 41.6 Å².